The molecular formula is C38H54N4. The third-order valence-electron chi connectivity index (χ3n) is 12.4. The van der Waals surface area contributed by atoms with Crippen molar-refractivity contribution < 1.29 is 0 Å². The molecule has 0 bridgehead atoms. The Kier molecular flexibility index (Phi) is 7.50. The lowest BCUT2D eigenvalue weighted by Crippen LogP contribution is -2.40. The van der Waals surface area contributed by atoms with Gasteiger partial charge in [0.05, 0.1) is 0 Å². The van der Waals surface area contributed by atoms with Gasteiger partial charge in [-0.2, -0.15) is 0 Å². The molecular weight excluding hydrogens is 512 g/mol. The SMILES string of the molecule is C[C@H]1CC(C[C@@H]2CCCN2CC2(CN[C@H]3CC3c3ccccc3)CC2)CN1CC1(CNC2CC2c2ccccc2)CC1. The van der Waals surface area contributed by atoms with Crippen LogP contribution < -0.4 is 10.6 Å². The Bertz CT molecular complexity index is 1190. The molecule has 4 heteroatoms. The molecule has 6 aliphatic rings. The highest BCUT2D eigenvalue weighted by molar-refractivity contribution is 5.28. The predicted molar refractivity (Wildman–Crippen MR) is 173 cm³/mol. The Balaban J connectivity index is 0.782. The Morgan fingerprint density at radius 2 is 1.26 bits per heavy atom. The molecule has 6 fully saturated rings. The van der Waals surface area contributed by atoms with Gasteiger partial charge in [0.1, 0.15) is 0 Å². The molecule has 4 saturated carbocycles. The number of hydrogen-bond acceptors (Lipinski definition) is 4. The largest absolute Gasteiger partial charge is 0.313 e. The fraction of sp³-hybridized carbons (Fsp3) is 0.684. The van der Waals surface area contributed by atoms with E-state index in [0.29, 0.717) is 22.9 Å². The summed E-state index contributed by atoms with van der Waals surface area (Å²) in [6.07, 6.45) is 14.1. The smallest absolute Gasteiger partial charge is 0.0143 e. The maximum Gasteiger partial charge on any atom is 0.0143 e. The number of benzene rings is 2. The normalized spacial score (nSPS) is 36.3. The maximum atomic E-state index is 4.00. The summed E-state index contributed by atoms with van der Waals surface area (Å²) in [5, 5.41) is 8.00. The number of nitrogens with one attached hydrogen (secondary N) is 2. The lowest BCUT2D eigenvalue weighted by atomic mass is 9.95. The van der Waals surface area contributed by atoms with E-state index >= 15 is 0 Å². The predicted octanol–water partition coefficient (Wildman–Crippen LogP) is 6.40. The highest BCUT2D eigenvalue weighted by Crippen LogP contribution is 2.50. The van der Waals surface area contributed by atoms with Crippen LogP contribution in [-0.4, -0.2) is 73.2 Å². The van der Waals surface area contributed by atoms with E-state index in [1.165, 1.54) is 115 Å². The summed E-state index contributed by atoms with van der Waals surface area (Å²) < 4.78 is 0. The second-order valence-electron chi connectivity index (χ2n) is 15.9. The number of rotatable bonds is 14. The van der Waals surface area contributed by atoms with Crippen LogP contribution in [0.5, 0.6) is 0 Å². The molecule has 7 atom stereocenters. The van der Waals surface area contributed by atoms with E-state index < -0.39 is 0 Å². The molecule has 226 valence electrons. The van der Waals surface area contributed by atoms with Gasteiger partial charge < -0.3 is 10.6 Å². The third-order valence-corrected chi connectivity index (χ3v) is 12.4. The first-order valence-corrected chi connectivity index (χ1v) is 17.6. The van der Waals surface area contributed by atoms with Crippen LogP contribution >= 0.6 is 0 Å². The maximum absolute atomic E-state index is 4.00. The third kappa shape index (κ3) is 6.25. The fourth-order valence-corrected chi connectivity index (χ4v) is 9.03. The van der Waals surface area contributed by atoms with Gasteiger partial charge in [-0.05, 0) is 106 Å². The Hall–Kier alpha value is -1.72. The van der Waals surface area contributed by atoms with Crippen LogP contribution in [0.15, 0.2) is 60.7 Å². The Morgan fingerprint density at radius 1 is 0.714 bits per heavy atom. The summed E-state index contributed by atoms with van der Waals surface area (Å²) in [5.74, 6) is 2.39. The molecule has 42 heavy (non-hydrogen) atoms. The van der Waals surface area contributed by atoms with Gasteiger partial charge in [0, 0.05) is 68.7 Å². The second kappa shape index (κ2) is 11.3. The van der Waals surface area contributed by atoms with Crippen LogP contribution in [0.4, 0.5) is 0 Å². The molecule has 0 amide bonds. The highest BCUT2D eigenvalue weighted by atomic mass is 15.2. The first-order valence-electron chi connectivity index (χ1n) is 17.6. The molecule has 4 unspecified atom stereocenters. The summed E-state index contributed by atoms with van der Waals surface area (Å²) in [7, 11) is 0. The number of hydrogen-bond donors (Lipinski definition) is 2. The summed E-state index contributed by atoms with van der Waals surface area (Å²) in [5.41, 5.74) is 4.18. The molecule has 2 saturated heterocycles. The van der Waals surface area contributed by atoms with Crippen molar-refractivity contribution in [1.29, 1.82) is 0 Å². The van der Waals surface area contributed by atoms with Crippen molar-refractivity contribution in [3.05, 3.63) is 71.8 Å². The van der Waals surface area contributed by atoms with Crippen molar-refractivity contribution in [2.75, 3.05) is 39.3 Å². The average Bonchev–Trinajstić information content (AvgIpc) is 3.87. The van der Waals surface area contributed by atoms with Crippen molar-refractivity contribution in [3.8, 4) is 0 Å². The summed E-state index contributed by atoms with van der Waals surface area (Å²) in [4.78, 5) is 5.83. The van der Waals surface area contributed by atoms with E-state index in [0.717, 1.165) is 29.8 Å². The van der Waals surface area contributed by atoms with Crippen molar-refractivity contribution in [3.63, 3.8) is 0 Å². The zero-order valence-corrected chi connectivity index (χ0v) is 26.0. The van der Waals surface area contributed by atoms with Crippen LogP contribution in [0.1, 0.15) is 94.1 Å². The second-order valence-corrected chi connectivity index (χ2v) is 15.9. The molecule has 4 nitrogen and oxygen atoms in total. The van der Waals surface area contributed by atoms with Crippen LogP contribution in [0.3, 0.4) is 0 Å². The van der Waals surface area contributed by atoms with Gasteiger partial charge in [0.15, 0.2) is 0 Å². The molecule has 2 N–H and O–H groups in total. The van der Waals surface area contributed by atoms with Crippen molar-refractivity contribution in [2.24, 2.45) is 16.7 Å². The Labute approximate surface area is 255 Å². The molecule has 4 aliphatic carbocycles. The molecule has 0 aromatic heterocycles. The van der Waals surface area contributed by atoms with Crippen molar-refractivity contribution in [1.82, 2.24) is 20.4 Å². The van der Waals surface area contributed by atoms with Crippen LogP contribution in [0.25, 0.3) is 0 Å². The quantitative estimate of drug-likeness (QED) is 0.277. The van der Waals surface area contributed by atoms with Crippen LogP contribution in [-0.2, 0) is 0 Å². The van der Waals surface area contributed by atoms with Gasteiger partial charge in [0.2, 0.25) is 0 Å². The first-order chi connectivity index (χ1) is 20.6. The minimum atomic E-state index is 0.554. The molecule has 2 aliphatic heterocycles. The highest BCUT2D eigenvalue weighted by Gasteiger charge is 2.50. The molecule has 2 heterocycles. The van der Waals surface area contributed by atoms with Crippen LogP contribution in [0.2, 0.25) is 0 Å². The zero-order chi connectivity index (χ0) is 28.1. The van der Waals surface area contributed by atoms with Gasteiger partial charge in [-0.25, -0.2) is 0 Å². The zero-order valence-electron chi connectivity index (χ0n) is 26.0. The minimum absolute atomic E-state index is 0.554. The summed E-state index contributed by atoms with van der Waals surface area (Å²) >= 11 is 0. The van der Waals surface area contributed by atoms with E-state index in [1.54, 1.807) is 0 Å². The molecule has 2 aromatic rings. The fourth-order valence-electron chi connectivity index (χ4n) is 9.03. The van der Waals surface area contributed by atoms with Gasteiger partial charge in [-0.15, -0.1) is 0 Å². The van der Waals surface area contributed by atoms with Gasteiger partial charge in [0.25, 0.3) is 0 Å². The molecule has 0 spiro atoms. The molecule has 2 aromatic carbocycles. The topological polar surface area (TPSA) is 30.5 Å². The monoisotopic (exact) mass is 566 g/mol. The van der Waals surface area contributed by atoms with E-state index in [4.69, 9.17) is 0 Å². The molecule has 8 rings (SSSR count). The lowest BCUT2D eigenvalue weighted by Gasteiger charge is -2.31. The molecule has 0 radical (unpaired) electrons. The average molecular weight is 567 g/mol. The minimum Gasteiger partial charge on any atom is -0.313 e. The van der Waals surface area contributed by atoms with Gasteiger partial charge in [-0.1, -0.05) is 60.7 Å². The Morgan fingerprint density at radius 3 is 1.81 bits per heavy atom. The van der Waals surface area contributed by atoms with Gasteiger partial charge >= 0.3 is 0 Å². The lowest BCUT2D eigenvalue weighted by molar-refractivity contribution is 0.172. The number of nitrogens with zero attached hydrogens (tertiary/aromatic N) is 2. The van der Waals surface area contributed by atoms with Crippen LogP contribution in [0, 0.1) is 16.7 Å². The van der Waals surface area contributed by atoms with Crippen molar-refractivity contribution >= 4 is 0 Å². The van der Waals surface area contributed by atoms with E-state index in [1.807, 2.05) is 0 Å². The van der Waals surface area contributed by atoms with Gasteiger partial charge in [-0.3, -0.25) is 9.80 Å². The van der Waals surface area contributed by atoms with E-state index in [-0.39, 0.29) is 0 Å². The van der Waals surface area contributed by atoms with E-state index in [2.05, 4.69) is 88.0 Å². The number of likely N-dealkylation sites (tertiary alicyclic amines) is 2. The summed E-state index contributed by atoms with van der Waals surface area (Å²) in [6, 6.07) is 25.3. The summed E-state index contributed by atoms with van der Waals surface area (Å²) in [6.45, 7) is 10.4. The van der Waals surface area contributed by atoms with Crippen molar-refractivity contribution in [2.45, 2.75) is 107 Å². The van der Waals surface area contributed by atoms with E-state index in [9.17, 15) is 0 Å². The standard InChI is InChI=1S/C38H54N4/c1-28-19-29(23-42(28)27-38(16-17-38)25-40-36-22-34(36)31-11-6-3-7-12-31)20-32-13-8-18-41(32)26-37(14-15-37)24-39-35-21-33(35)30-9-4-2-5-10-30/h2-7,9-12,28-29,32-36,39-40H,8,13-27H2,1H3/t28-,29?,32-,33?,34?,35-,36?/m0/s1. The first kappa shape index (κ1) is 27.8.